The second-order valence-electron chi connectivity index (χ2n) is 8.07. The largest absolute Gasteiger partial charge is 0.416 e. The Kier molecular flexibility index (Phi) is 9.15. The average Bonchev–Trinajstić information content (AvgIpc) is 3.17. The average molecular weight is 442 g/mol. The molecule has 0 aromatic heterocycles. The summed E-state index contributed by atoms with van der Waals surface area (Å²) in [5, 5.41) is 3.23. The molecule has 1 aliphatic rings. The molecule has 2 rings (SSSR count). The highest BCUT2D eigenvalue weighted by Gasteiger charge is 2.31. The Morgan fingerprint density at radius 1 is 1.23 bits per heavy atom. The molecule has 1 atom stereocenters. The number of alkyl halides is 3. The smallest absolute Gasteiger partial charge is 0.357 e. The van der Waals surface area contributed by atoms with Crippen LogP contribution in [0.15, 0.2) is 29.3 Å². The van der Waals surface area contributed by atoms with Crippen LogP contribution in [0, 0.1) is 0 Å². The van der Waals surface area contributed by atoms with Gasteiger partial charge in [-0.25, -0.2) is 0 Å². The SMILES string of the molecule is CCNC(=NCCCN1CCCC1C(=O)N(C)C)N(C)Cc1ccc(C(F)(F)F)cc1. The van der Waals surface area contributed by atoms with E-state index >= 15 is 0 Å². The zero-order valence-electron chi connectivity index (χ0n) is 18.9. The maximum absolute atomic E-state index is 12.7. The maximum atomic E-state index is 12.7. The van der Waals surface area contributed by atoms with Gasteiger partial charge in [0.25, 0.3) is 0 Å². The van der Waals surface area contributed by atoms with Crippen molar-refractivity contribution in [3.8, 4) is 0 Å². The number of halogens is 3. The summed E-state index contributed by atoms with van der Waals surface area (Å²) in [7, 11) is 5.45. The fourth-order valence-electron chi connectivity index (χ4n) is 3.75. The molecule has 6 nitrogen and oxygen atoms in total. The first-order valence-corrected chi connectivity index (χ1v) is 10.7. The van der Waals surface area contributed by atoms with Gasteiger partial charge in [0.2, 0.25) is 5.91 Å². The van der Waals surface area contributed by atoms with Gasteiger partial charge in [0.15, 0.2) is 5.96 Å². The molecule has 31 heavy (non-hydrogen) atoms. The molecule has 0 aliphatic carbocycles. The van der Waals surface area contributed by atoms with E-state index in [1.165, 1.54) is 12.1 Å². The summed E-state index contributed by atoms with van der Waals surface area (Å²) in [6, 6.07) is 5.18. The number of likely N-dealkylation sites (N-methyl/N-ethyl adjacent to an activating group) is 1. The van der Waals surface area contributed by atoms with Crippen LogP contribution in [0.1, 0.15) is 37.3 Å². The van der Waals surface area contributed by atoms with Gasteiger partial charge in [0, 0.05) is 47.3 Å². The number of amides is 1. The molecule has 0 spiro atoms. The van der Waals surface area contributed by atoms with Crippen molar-refractivity contribution in [2.75, 3.05) is 47.3 Å². The minimum Gasteiger partial charge on any atom is -0.357 e. The molecule has 0 radical (unpaired) electrons. The minimum absolute atomic E-state index is 0.0328. The first-order valence-electron chi connectivity index (χ1n) is 10.7. The second-order valence-corrected chi connectivity index (χ2v) is 8.07. The Morgan fingerprint density at radius 3 is 2.48 bits per heavy atom. The number of hydrogen-bond acceptors (Lipinski definition) is 3. The Hall–Kier alpha value is -2.29. The van der Waals surface area contributed by atoms with Crippen molar-refractivity contribution in [3.63, 3.8) is 0 Å². The van der Waals surface area contributed by atoms with Gasteiger partial charge in [-0.05, 0) is 50.4 Å². The third kappa shape index (κ3) is 7.41. The lowest BCUT2D eigenvalue weighted by Gasteiger charge is -2.26. The molecule has 0 bridgehead atoms. The lowest BCUT2D eigenvalue weighted by atomic mass is 10.1. The molecule has 9 heteroatoms. The zero-order valence-corrected chi connectivity index (χ0v) is 18.9. The number of aliphatic imine (C=N–C) groups is 1. The highest BCUT2D eigenvalue weighted by molar-refractivity contribution is 5.81. The number of rotatable bonds is 8. The third-order valence-electron chi connectivity index (χ3n) is 5.35. The third-order valence-corrected chi connectivity index (χ3v) is 5.35. The van der Waals surface area contributed by atoms with Crippen molar-refractivity contribution in [1.29, 1.82) is 0 Å². The summed E-state index contributed by atoms with van der Waals surface area (Å²) in [5.41, 5.74) is 0.135. The molecule has 1 fully saturated rings. The lowest BCUT2D eigenvalue weighted by molar-refractivity contribution is -0.137. The van der Waals surface area contributed by atoms with Gasteiger partial charge in [0.1, 0.15) is 0 Å². The fourth-order valence-corrected chi connectivity index (χ4v) is 3.75. The predicted molar refractivity (Wildman–Crippen MR) is 117 cm³/mol. The molecule has 174 valence electrons. The standard InChI is InChI=1S/C22H34F3N5O/c1-5-26-21(29(4)16-17-9-11-18(12-10-17)22(23,24)25)27-13-7-15-30-14-6-8-19(30)20(31)28(2)3/h9-12,19H,5-8,13-16H2,1-4H3,(H,26,27). The molecule has 0 saturated carbocycles. The van der Waals surface area contributed by atoms with E-state index in [-0.39, 0.29) is 11.9 Å². The van der Waals surface area contributed by atoms with E-state index in [0.717, 1.165) is 50.0 Å². The van der Waals surface area contributed by atoms with E-state index < -0.39 is 11.7 Å². The van der Waals surface area contributed by atoms with Gasteiger partial charge in [-0.3, -0.25) is 14.7 Å². The number of guanidine groups is 1. The summed E-state index contributed by atoms with van der Waals surface area (Å²) >= 11 is 0. The molecular formula is C22H34F3N5O. The molecule has 1 unspecified atom stereocenters. The molecule has 1 aliphatic heterocycles. The maximum Gasteiger partial charge on any atom is 0.416 e. The Morgan fingerprint density at radius 2 is 1.90 bits per heavy atom. The van der Waals surface area contributed by atoms with E-state index in [4.69, 9.17) is 0 Å². The first kappa shape index (κ1) is 25.0. The van der Waals surface area contributed by atoms with Crippen LogP contribution in [0.5, 0.6) is 0 Å². The van der Waals surface area contributed by atoms with Crippen LogP contribution >= 0.6 is 0 Å². The Balaban J connectivity index is 1.90. The van der Waals surface area contributed by atoms with Crippen LogP contribution in [0.3, 0.4) is 0 Å². The van der Waals surface area contributed by atoms with E-state index in [2.05, 4.69) is 15.2 Å². The van der Waals surface area contributed by atoms with Gasteiger partial charge in [-0.2, -0.15) is 13.2 Å². The van der Waals surface area contributed by atoms with Gasteiger partial charge in [0.05, 0.1) is 11.6 Å². The number of benzene rings is 1. The molecule has 1 aromatic carbocycles. The summed E-state index contributed by atoms with van der Waals surface area (Å²) in [5.74, 6) is 0.871. The van der Waals surface area contributed by atoms with Crippen LogP contribution in [0.2, 0.25) is 0 Å². The number of likely N-dealkylation sites (tertiary alicyclic amines) is 1. The van der Waals surface area contributed by atoms with Crippen molar-refractivity contribution in [1.82, 2.24) is 20.0 Å². The van der Waals surface area contributed by atoms with E-state index in [1.54, 1.807) is 19.0 Å². The van der Waals surface area contributed by atoms with E-state index in [9.17, 15) is 18.0 Å². The number of nitrogens with one attached hydrogen (secondary N) is 1. The summed E-state index contributed by atoms with van der Waals surface area (Å²) < 4.78 is 38.2. The molecule has 1 amide bonds. The topological polar surface area (TPSA) is 51.2 Å². The first-order chi connectivity index (χ1) is 14.6. The van der Waals surface area contributed by atoms with Crippen molar-refractivity contribution in [2.24, 2.45) is 4.99 Å². The summed E-state index contributed by atoms with van der Waals surface area (Å²) in [6.45, 7) is 5.48. The van der Waals surface area contributed by atoms with Gasteiger partial charge >= 0.3 is 6.18 Å². The Labute approximate surface area is 183 Å². The fraction of sp³-hybridized carbons (Fsp3) is 0.636. The molecule has 1 saturated heterocycles. The van der Waals surface area contributed by atoms with Gasteiger partial charge in [-0.1, -0.05) is 12.1 Å². The monoisotopic (exact) mass is 441 g/mol. The second kappa shape index (κ2) is 11.4. The molecule has 1 N–H and O–H groups in total. The van der Waals surface area contributed by atoms with Crippen molar-refractivity contribution < 1.29 is 18.0 Å². The number of carbonyl (C=O) groups is 1. The number of nitrogens with zero attached hydrogens (tertiary/aromatic N) is 4. The Bertz CT molecular complexity index is 734. The minimum atomic E-state index is -4.33. The molecule has 1 aromatic rings. The lowest BCUT2D eigenvalue weighted by Crippen LogP contribution is -2.43. The van der Waals surface area contributed by atoms with Crippen molar-refractivity contribution >= 4 is 11.9 Å². The van der Waals surface area contributed by atoms with Crippen molar-refractivity contribution in [3.05, 3.63) is 35.4 Å². The van der Waals surface area contributed by atoms with E-state index in [1.807, 2.05) is 18.9 Å². The van der Waals surface area contributed by atoms with Crippen LogP contribution in [-0.4, -0.2) is 79.9 Å². The molecule has 1 heterocycles. The van der Waals surface area contributed by atoms with Crippen LogP contribution in [-0.2, 0) is 17.5 Å². The highest BCUT2D eigenvalue weighted by Crippen LogP contribution is 2.29. The highest BCUT2D eigenvalue weighted by atomic mass is 19.4. The number of hydrogen-bond donors (Lipinski definition) is 1. The quantitative estimate of drug-likeness (QED) is 0.383. The van der Waals surface area contributed by atoms with Crippen LogP contribution in [0.25, 0.3) is 0 Å². The number of carbonyl (C=O) groups excluding carboxylic acids is 1. The predicted octanol–water partition coefficient (Wildman–Crippen LogP) is 3.05. The van der Waals surface area contributed by atoms with E-state index in [0.29, 0.717) is 25.6 Å². The summed E-state index contributed by atoms with van der Waals surface area (Å²) in [4.78, 5) is 22.7. The van der Waals surface area contributed by atoms with Crippen LogP contribution in [0.4, 0.5) is 13.2 Å². The van der Waals surface area contributed by atoms with Crippen LogP contribution < -0.4 is 5.32 Å². The van der Waals surface area contributed by atoms with Gasteiger partial charge < -0.3 is 15.1 Å². The molecular weight excluding hydrogens is 407 g/mol. The zero-order chi connectivity index (χ0) is 23.0. The van der Waals surface area contributed by atoms with Gasteiger partial charge in [-0.15, -0.1) is 0 Å². The normalized spacial score (nSPS) is 17.6. The van der Waals surface area contributed by atoms with Crippen molar-refractivity contribution in [2.45, 2.75) is 44.9 Å². The summed E-state index contributed by atoms with van der Waals surface area (Å²) in [6.07, 6.45) is -1.56.